The molecular formula is C19H22N2O4. The van der Waals surface area contributed by atoms with Crippen molar-refractivity contribution in [2.75, 3.05) is 30.5 Å². The number of ether oxygens (including phenoxy) is 2. The monoisotopic (exact) mass is 342 g/mol. The number of anilines is 2. The zero-order chi connectivity index (χ0) is 18.2. The number of amides is 2. The Labute approximate surface area is 147 Å². The number of benzene rings is 2. The summed E-state index contributed by atoms with van der Waals surface area (Å²) in [5.41, 5.74) is 1.17. The van der Waals surface area contributed by atoms with Crippen molar-refractivity contribution in [1.82, 2.24) is 0 Å². The van der Waals surface area contributed by atoms with Crippen molar-refractivity contribution in [2.45, 2.75) is 13.8 Å². The Bertz CT molecular complexity index is 746. The van der Waals surface area contributed by atoms with E-state index < -0.39 is 0 Å². The number of nitrogens with zero attached hydrogens (tertiary/aromatic N) is 1. The lowest BCUT2D eigenvalue weighted by Crippen LogP contribution is -2.37. The number of methoxy groups -OCH3 is 1. The molecule has 2 rings (SSSR count). The maximum Gasteiger partial charge on any atom is 0.244 e. The molecule has 6 heteroatoms. The molecule has 0 radical (unpaired) electrons. The van der Waals surface area contributed by atoms with Crippen LogP contribution in [0.4, 0.5) is 11.4 Å². The fourth-order valence-electron chi connectivity index (χ4n) is 2.37. The molecular weight excluding hydrogens is 320 g/mol. The van der Waals surface area contributed by atoms with Gasteiger partial charge in [0.1, 0.15) is 18.0 Å². The minimum absolute atomic E-state index is 0.114. The first-order valence-corrected chi connectivity index (χ1v) is 7.99. The molecule has 0 atom stereocenters. The van der Waals surface area contributed by atoms with Gasteiger partial charge < -0.3 is 14.8 Å². The van der Waals surface area contributed by atoms with Crippen LogP contribution in [0.25, 0.3) is 0 Å². The summed E-state index contributed by atoms with van der Waals surface area (Å²) in [4.78, 5) is 25.8. The van der Waals surface area contributed by atoms with Gasteiger partial charge in [0, 0.05) is 18.7 Å². The van der Waals surface area contributed by atoms with Gasteiger partial charge in [-0.05, 0) is 31.2 Å². The zero-order valence-corrected chi connectivity index (χ0v) is 14.6. The Morgan fingerprint density at radius 2 is 1.88 bits per heavy atom. The molecule has 132 valence electrons. The summed E-state index contributed by atoms with van der Waals surface area (Å²) in [6.07, 6.45) is 0. The third-order valence-electron chi connectivity index (χ3n) is 3.49. The van der Waals surface area contributed by atoms with E-state index >= 15 is 0 Å². The molecule has 0 unspecified atom stereocenters. The van der Waals surface area contributed by atoms with Crippen LogP contribution in [0.15, 0.2) is 48.5 Å². The average Bonchev–Trinajstić information content (AvgIpc) is 2.60. The van der Waals surface area contributed by atoms with Gasteiger partial charge in [-0.1, -0.05) is 18.2 Å². The molecule has 0 spiro atoms. The van der Waals surface area contributed by atoms with Gasteiger partial charge in [0.2, 0.25) is 11.8 Å². The second-order valence-electron chi connectivity index (χ2n) is 5.29. The van der Waals surface area contributed by atoms with E-state index in [0.717, 1.165) is 0 Å². The Morgan fingerprint density at radius 3 is 2.56 bits per heavy atom. The predicted octanol–water partition coefficient (Wildman–Crippen LogP) is 3.09. The van der Waals surface area contributed by atoms with Gasteiger partial charge in [-0.2, -0.15) is 0 Å². The first kappa shape index (κ1) is 18.3. The minimum atomic E-state index is -0.310. The number of hydrogen-bond donors (Lipinski definition) is 1. The minimum Gasteiger partial charge on any atom is -0.497 e. The van der Waals surface area contributed by atoms with Crippen molar-refractivity contribution in [3.8, 4) is 11.5 Å². The molecule has 0 aliphatic rings. The van der Waals surface area contributed by atoms with Crippen LogP contribution in [0.1, 0.15) is 13.8 Å². The highest BCUT2D eigenvalue weighted by atomic mass is 16.5. The Morgan fingerprint density at radius 1 is 1.12 bits per heavy atom. The highest BCUT2D eigenvalue weighted by Gasteiger charge is 2.19. The summed E-state index contributed by atoms with van der Waals surface area (Å²) in [6.45, 7) is 3.64. The molecule has 1 N–H and O–H groups in total. The lowest BCUT2D eigenvalue weighted by Gasteiger charge is -2.23. The maximum atomic E-state index is 12.4. The van der Waals surface area contributed by atoms with Gasteiger partial charge >= 0.3 is 0 Å². The molecule has 0 aromatic heterocycles. The molecule has 0 saturated heterocycles. The number of nitrogens with one attached hydrogen (secondary N) is 1. The highest BCUT2D eigenvalue weighted by Crippen LogP contribution is 2.28. The van der Waals surface area contributed by atoms with Gasteiger partial charge in [-0.15, -0.1) is 0 Å². The van der Waals surface area contributed by atoms with Crippen molar-refractivity contribution in [3.05, 3.63) is 48.5 Å². The van der Waals surface area contributed by atoms with Gasteiger partial charge in [-0.25, -0.2) is 0 Å². The number of carbonyl (C=O) groups excluding carboxylic acids is 2. The molecule has 25 heavy (non-hydrogen) atoms. The van der Waals surface area contributed by atoms with E-state index in [9.17, 15) is 9.59 Å². The molecule has 0 bridgehead atoms. The van der Waals surface area contributed by atoms with Crippen LogP contribution in [0, 0.1) is 0 Å². The fourth-order valence-corrected chi connectivity index (χ4v) is 2.37. The molecule has 0 fully saturated rings. The second kappa shape index (κ2) is 8.73. The number of hydrogen-bond acceptors (Lipinski definition) is 4. The van der Waals surface area contributed by atoms with Crippen LogP contribution >= 0.6 is 0 Å². The van der Waals surface area contributed by atoms with E-state index in [0.29, 0.717) is 29.5 Å². The smallest absolute Gasteiger partial charge is 0.244 e. The molecule has 6 nitrogen and oxygen atoms in total. The van der Waals surface area contributed by atoms with Crippen LogP contribution in [0.5, 0.6) is 11.5 Å². The van der Waals surface area contributed by atoms with Crippen LogP contribution in [0.3, 0.4) is 0 Å². The van der Waals surface area contributed by atoms with Crippen molar-refractivity contribution in [1.29, 1.82) is 0 Å². The first-order valence-electron chi connectivity index (χ1n) is 7.99. The summed E-state index contributed by atoms with van der Waals surface area (Å²) in [7, 11) is 1.56. The fraction of sp³-hybridized carbons (Fsp3) is 0.263. The van der Waals surface area contributed by atoms with Crippen LogP contribution in [0.2, 0.25) is 0 Å². The molecule has 0 heterocycles. The predicted molar refractivity (Wildman–Crippen MR) is 97.3 cm³/mol. The van der Waals surface area contributed by atoms with E-state index in [4.69, 9.17) is 9.47 Å². The zero-order valence-electron chi connectivity index (χ0n) is 14.6. The summed E-state index contributed by atoms with van der Waals surface area (Å²) in [5, 5.41) is 2.77. The quantitative estimate of drug-likeness (QED) is 0.840. The van der Waals surface area contributed by atoms with Crippen LogP contribution < -0.4 is 19.7 Å². The highest BCUT2D eigenvalue weighted by molar-refractivity contribution is 6.02. The van der Waals surface area contributed by atoms with E-state index in [2.05, 4.69) is 5.32 Å². The number of carbonyl (C=O) groups is 2. The summed E-state index contributed by atoms with van der Waals surface area (Å²) in [6, 6.07) is 14.2. The lowest BCUT2D eigenvalue weighted by molar-refractivity contribution is -0.120. The third kappa shape index (κ3) is 4.97. The van der Waals surface area contributed by atoms with E-state index in [1.165, 1.54) is 11.8 Å². The number of para-hydroxylation sites is 2. The molecule has 2 amide bonds. The van der Waals surface area contributed by atoms with Crippen molar-refractivity contribution < 1.29 is 19.1 Å². The molecule has 0 aliphatic heterocycles. The van der Waals surface area contributed by atoms with Gasteiger partial charge in [-0.3, -0.25) is 14.5 Å². The molecule has 0 aliphatic carbocycles. The molecule has 2 aromatic rings. The van der Waals surface area contributed by atoms with E-state index in [-0.39, 0.29) is 18.4 Å². The second-order valence-corrected chi connectivity index (χ2v) is 5.29. The maximum absolute atomic E-state index is 12.4. The average molecular weight is 342 g/mol. The normalized spacial score (nSPS) is 10.0. The van der Waals surface area contributed by atoms with Gasteiger partial charge in [0.15, 0.2) is 0 Å². The van der Waals surface area contributed by atoms with Crippen molar-refractivity contribution in [2.24, 2.45) is 0 Å². The van der Waals surface area contributed by atoms with Gasteiger partial charge in [0.05, 0.1) is 19.4 Å². The van der Waals surface area contributed by atoms with Crippen LogP contribution in [-0.4, -0.2) is 32.1 Å². The summed E-state index contributed by atoms with van der Waals surface area (Å²) >= 11 is 0. The van der Waals surface area contributed by atoms with E-state index in [1.54, 1.807) is 49.6 Å². The van der Waals surface area contributed by atoms with E-state index in [1.807, 2.05) is 13.0 Å². The number of rotatable bonds is 7. The first-order chi connectivity index (χ1) is 12.0. The largest absolute Gasteiger partial charge is 0.497 e. The topological polar surface area (TPSA) is 67.9 Å². The lowest BCUT2D eigenvalue weighted by atomic mass is 10.2. The van der Waals surface area contributed by atoms with Crippen LogP contribution in [-0.2, 0) is 9.59 Å². The van der Waals surface area contributed by atoms with Gasteiger partial charge in [0.25, 0.3) is 0 Å². The Hall–Kier alpha value is -3.02. The van der Waals surface area contributed by atoms with Crippen molar-refractivity contribution >= 4 is 23.2 Å². The Balaban J connectivity index is 2.16. The SMILES string of the molecule is CCOc1ccccc1N(CC(=O)Nc1cccc(OC)c1)C(C)=O. The molecule has 2 aromatic carbocycles. The van der Waals surface area contributed by atoms with Crippen molar-refractivity contribution in [3.63, 3.8) is 0 Å². The molecule has 0 saturated carbocycles. The standard InChI is InChI=1S/C19H22N2O4/c1-4-25-18-11-6-5-10-17(18)21(14(2)22)13-19(23)20-15-8-7-9-16(12-15)24-3/h5-12H,4,13H2,1-3H3,(H,20,23). The Kier molecular flexibility index (Phi) is 6.39. The third-order valence-corrected chi connectivity index (χ3v) is 3.49. The summed E-state index contributed by atoms with van der Waals surface area (Å²) < 4.78 is 10.7. The summed E-state index contributed by atoms with van der Waals surface area (Å²) in [5.74, 6) is 0.653.